The molecule has 34 heavy (non-hydrogen) atoms. The van der Waals surface area contributed by atoms with E-state index >= 15 is 0 Å². The van der Waals surface area contributed by atoms with Crippen LogP contribution in [-0.2, 0) is 18.3 Å². The number of ether oxygens (including phenoxy) is 2. The zero-order valence-corrected chi connectivity index (χ0v) is 19.7. The van der Waals surface area contributed by atoms with Crippen LogP contribution in [0.4, 0.5) is 0 Å². The summed E-state index contributed by atoms with van der Waals surface area (Å²) in [6.45, 7) is 4.92. The van der Waals surface area contributed by atoms with E-state index in [1.807, 2.05) is 30.7 Å². The number of fused-ring (bicyclic) bond motifs is 2. The number of methoxy groups -OCH3 is 1. The molecule has 0 saturated heterocycles. The molecule has 0 aliphatic heterocycles. The summed E-state index contributed by atoms with van der Waals surface area (Å²) in [5.41, 5.74) is 4.71. The van der Waals surface area contributed by atoms with Crippen molar-refractivity contribution in [3.8, 4) is 17.3 Å². The molecule has 5 rings (SSSR count). The van der Waals surface area contributed by atoms with Gasteiger partial charge in [0.15, 0.2) is 5.82 Å². The lowest BCUT2D eigenvalue weighted by Gasteiger charge is -2.11. The van der Waals surface area contributed by atoms with E-state index in [1.54, 1.807) is 19.1 Å². The van der Waals surface area contributed by atoms with Gasteiger partial charge in [0.05, 0.1) is 36.2 Å². The van der Waals surface area contributed by atoms with Gasteiger partial charge in [-0.1, -0.05) is 5.16 Å². The van der Waals surface area contributed by atoms with E-state index in [0.717, 1.165) is 34.6 Å². The highest BCUT2D eigenvalue weighted by Gasteiger charge is 2.27. The molecule has 0 amide bonds. The van der Waals surface area contributed by atoms with Crippen molar-refractivity contribution in [2.24, 2.45) is 18.1 Å². The van der Waals surface area contributed by atoms with E-state index in [4.69, 9.17) is 19.4 Å². The number of pyridine rings is 1. The third-order valence-electron chi connectivity index (χ3n) is 6.29. The van der Waals surface area contributed by atoms with Gasteiger partial charge in [0.25, 0.3) is 0 Å². The summed E-state index contributed by atoms with van der Waals surface area (Å²) in [6, 6.07) is 9.37. The molecular weight excluding hydrogens is 434 g/mol. The van der Waals surface area contributed by atoms with Gasteiger partial charge in [-0.3, -0.25) is 0 Å². The number of rotatable bonds is 7. The topological polar surface area (TPSA) is 104 Å². The Morgan fingerprint density at radius 2 is 2.03 bits per heavy atom. The van der Waals surface area contributed by atoms with Crippen LogP contribution in [0.1, 0.15) is 42.7 Å². The first-order chi connectivity index (χ1) is 16.4. The van der Waals surface area contributed by atoms with Crippen molar-refractivity contribution in [3.05, 3.63) is 41.6 Å². The van der Waals surface area contributed by atoms with Crippen LogP contribution in [0.15, 0.2) is 35.5 Å². The fraction of sp³-hybridized carbons (Fsp3) is 0.360. The highest BCUT2D eigenvalue weighted by atomic mass is 16.5. The molecular formula is C25H27N5O4. The average molecular weight is 462 g/mol. The minimum absolute atomic E-state index is 0.395. The lowest BCUT2D eigenvalue weighted by Crippen LogP contribution is -2.07. The molecule has 1 fully saturated rings. The highest BCUT2D eigenvalue weighted by Crippen LogP contribution is 2.37. The van der Waals surface area contributed by atoms with Crippen LogP contribution in [0.3, 0.4) is 0 Å². The second-order valence-corrected chi connectivity index (χ2v) is 8.64. The number of aryl methyl sites for hydroxylation is 1. The first-order valence-electron chi connectivity index (χ1n) is 11.4. The van der Waals surface area contributed by atoms with E-state index in [9.17, 15) is 10.0 Å². The Kier molecular flexibility index (Phi) is 5.47. The molecule has 0 radical (unpaired) electrons. The van der Waals surface area contributed by atoms with Crippen LogP contribution in [-0.4, -0.2) is 49.7 Å². The Labute approximate surface area is 196 Å². The molecule has 9 nitrogen and oxygen atoms in total. The number of carbonyl (C=O) groups is 1. The standard InChI is InChI=1S/C25H27N5O4/c1-5-34-21-12-17(25(31)33-4)10-19-22(21)29(3)24(27-19)20-11-16-8-9-18(14(2)28-32)26-23(16)30(20)13-15-6-7-15/h8-12,15,32H,5-7,13H2,1-4H3/b28-14+. The lowest BCUT2D eigenvalue weighted by atomic mass is 10.2. The predicted molar refractivity (Wildman–Crippen MR) is 129 cm³/mol. The molecule has 9 heteroatoms. The number of benzene rings is 1. The zero-order chi connectivity index (χ0) is 24.0. The molecule has 3 heterocycles. The van der Waals surface area contributed by atoms with Crippen LogP contribution in [0.5, 0.6) is 5.75 Å². The van der Waals surface area contributed by atoms with Gasteiger partial charge in [-0.15, -0.1) is 0 Å². The number of carbonyl (C=O) groups excluding carboxylic acids is 1. The van der Waals surface area contributed by atoms with Crippen molar-refractivity contribution < 1.29 is 19.5 Å². The fourth-order valence-electron chi connectivity index (χ4n) is 4.35. The summed E-state index contributed by atoms with van der Waals surface area (Å²) in [5.74, 6) is 1.51. The molecule has 1 N–H and O–H groups in total. The molecule has 1 saturated carbocycles. The first kappa shape index (κ1) is 21.9. The van der Waals surface area contributed by atoms with Gasteiger partial charge in [-0.2, -0.15) is 0 Å². The van der Waals surface area contributed by atoms with E-state index in [-0.39, 0.29) is 0 Å². The maximum atomic E-state index is 12.2. The summed E-state index contributed by atoms with van der Waals surface area (Å²) >= 11 is 0. The summed E-state index contributed by atoms with van der Waals surface area (Å²) in [6.07, 6.45) is 2.38. The van der Waals surface area contributed by atoms with E-state index in [1.165, 1.54) is 20.0 Å². The molecule has 0 bridgehead atoms. The molecule has 0 atom stereocenters. The largest absolute Gasteiger partial charge is 0.492 e. The maximum Gasteiger partial charge on any atom is 0.338 e. The van der Waals surface area contributed by atoms with Crippen molar-refractivity contribution in [2.45, 2.75) is 33.2 Å². The van der Waals surface area contributed by atoms with Gasteiger partial charge < -0.3 is 23.8 Å². The Morgan fingerprint density at radius 3 is 2.71 bits per heavy atom. The minimum atomic E-state index is -0.435. The normalized spacial score (nSPS) is 14.2. The van der Waals surface area contributed by atoms with E-state index < -0.39 is 5.97 Å². The number of imidazole rings is 1. The van der Waals surface area contributed by atoms with Crippen LogP contribution in [0.2, 0.25) is 0 Å². The number of nitrogens with zero attached hydrogens (tertiary/aromatic N) is 5. The molecule has 3 aromatic heterocycles. The molecule has 1 aliphatic rings. The maximum absolute atomic E-state index is 12.2. The van der Waals surface area contributed by atoms with Crippen LogP contribution in [0.25, 0.3) is 33.6 Å². The molecule has 0 unspecified atom stereocenters. The number of oxime groups is 1. The summed E-state index contributed by atoms with van der Waals surface area (Å²) in [7, 11) is 3.31. The van der Waals surface area contributed by atoms with Crippen molar-refractivity contribution in [2.75, 3.05) is 13.7 Å². The van der Waals surface area contributed by atoms with Crippen LogP contribution >= 0.6 is 0 Å². The number of esters is 1. The van der Waals surface area contributed by atoms with Gasteiger partial charge in [0.2, 0.25) is 0 Å². The number of hydrogen-bond donors (Lipinski definition) is 1. The van der Waals surface area contributed by atoms with Gasteiger partial charge in [0, 0.05) is 19.0 Å². The van der Waals surface area contributed by atoms with E-state index in [2.05, 4.69) is 15.8 Å². The third-order valence-corrected chi connectivity index (χ3v) is 6.29. The SMILES string of the molecule is CCOc1cc(C(=O)OC)cc2nc(-c3cc4ccc(/C(C)=N/O)nc4n3CC3CC3)n(C)c12. The van der Waals surface area contributed by atoms with Crippen molar-refractivity contribution >= 4 is 33.7 Å². The minimum Gasteiger partial charge on any atom is -0.492 e. The number of hydrogen-bond acceptors (Lipinski definition) is 7. The third kappa shape index (κ3) is 3.67. The fourth-order valence-corrected chi connectivity index (χ4v) is 4.35. The Morgan fingerprint density at radius 1 is 1.24 bits per heavy atom. The van der Waals surface area contributed by atoms with Crippen molar-refractivity contribution in [1.82, 2.24) is 19.1 Å². The lowest BCUT2D eigenvalue weighted by molar-refractivity contribution is 0.0600. The molecule has 0 spiro atoms. The molecule has 4 aromatic rings. The summed E-state index contributed by atoms with van der Waals surface area (Å²) in [5, 5.41) is 13.5. The Balaban J connectivity index is 1.74. The van der Waals surface area contributed by atoms with Crippen molar-refractivity contribution in [3.63, 3.8) is 0 Å². The predicted octanol–water partition coefficient (Wildman–Crippen LogP) is 4.38. The summed E-state index contributed by atoms with van der Waals surface area (Å²) < 4.78 is 15.0. The Bertz CT molecular complexity index is 1450. The first-order valence-corrected chi connectivity index (χ1v) is 11.4. The smallest absolute Gasteiger partial charge is 0.338 e. The van der Waals surface area contributed by atoms with Gasteiger partial charge in [0.1, 0.15) is 22.6 Å². The average Bonchev–Trinajstić information content (AvgIpc) is 3.52. The van der Waals surface area contributed by atoms with Crippen LogP contribution < -0.4 is 4.74 Å². The molecule has 1 aromatic carbocycles. The summed E-state index contributed by atoms with van der Waals surface area (Å²) in [4.78, 5) is 22.0. The van der Waals surface area contributed by atoms with Gasteiger partial charge in [-0.05, 0) is 62.9 Å². The molecule has 1 aliphatic carbocycles. The Hall–Kier alpha value is -3.88. The van der Waals surface area contributed by atoms with Gasteiger partial charge in [-0.25, -0.2) is 14.8 Å². The molecule has 176 valence electrons. The zero-order valence-electron chi connectivity index (χ0n) is 19.7. The highest BCUT2D eigenvalue weighted by molar-refractivity contribution is 5.99. The number of aromatic nitrogens is 4. The van der Waals surface area contributed by atoms with Gasteiger partial charge >= 0.3 is 5.97 Å². The van der Waals surface area contributed by atoms with E-state index in [0.29, 0.717) is 40.8 Å². The van der Waals surface area contributed by atoms with Crippen LogP contribution in [0, 0.1) is 5.92 Å². The second-order valence-electron chi connectivity index (χ2n) is 8.64. The quantitative estimate of drug-likeness (QED) is 0.190. The second kappa shape index (κ2) is 8.48. The van der Waals surface area contributed by atoms with Crippen molar-refractivity contribution in [1.29, 1.82) is 0 Å². The monoisotopic (exact) mass is 461 g/mol.